The molecule has 2 saturated carbocycles. The van der Waals surface area contributed by atoms with Crippen molar-refractivity contribution in [1.29, 1.82) is 0 Å². The molecule has 0 bridgehead atoms. The predicted molar refractivity (Wildman–Crippen MR) is 110 cm³/mol. The van der Waals surface area contributed by atoms with E-state index in [0.29, 0.717) is 11.3 Å². The minimum atomic E-state index is -0.824. The van der Waals surface area contributed by atoms with Gasteiger partial charge in [-0.3, -0.25) is 4.79 Å². The molecule has 0 heterocycles. The van der Waals surface area contributed by atoms with Crippen molar-refractivity contribution in [1.82, 2.24) is 0 Å². The minimum absolute atomic E-state index is 0. The summed E-state index contributed by atoms with van der Waals surface area (Å²) < 4.78 is 6.02. The molecular formula is C23H31NaO3. The zero-order valence-corrected chi connectivity index (χ0v) is 15.8. The molecule has 0 amide bonds. The third kappa shape index (κ3) is 6.28. The second-order valence-corrected chi connectivity index (χ2v) is 8.08. The Bertz CT molecular complexity index is 655. The summed E-state index contributed by atoms with van der Waals surface area (Å²) in [4.78, 5) is 11.0. The van der Waals surface area contributed by atoms with E-state index in [1.807, 2.05) is 24.3 Å². The third-order valence-electron chi connectivity index (χ3n) is 6.30. The molecule has 0 aliphatic heterocycles. The molecular weight excluding hydrogens is 347 g/mol. The van der Waals surface area contributed by atoms with E-state index in [2.05, 4.69) is 11.8 Å². The summed E-state index contributed by atoms with van der Waals surface area (Å²) in [7, 11) is 0. The normalized spacial score (nSPS) is 19.6. The molecule has 1 aromatic rings. The summed E-state index contributed by atoms with van der Waals surface area (Å²) in [6.07, 6.45) is 11.1. The van der Waals surface area contributed by atoms with Gasteiger partial charge in [0.1, 0.15) is 5.75 Å². The van der Waals surface area contributed by atoms with Gasteiger partial charge in [0.05, 0.1) is 18.9 Å². The third-order valence-corrected chi connectivity index (χ3v) is 6.30. The van der Waals surface area contributed by atoms with Crippen molar-refractivity contribution >= 4 is 35.5 Å². The molecule has 1 atom stereocenters. The average Bonchev–Trinajstić information content (AvgIpc) is 3.09. The number of carbonyl (C=O) groups is 1. The van der Waals surface area contributed by atoms with Gasteiger partial charge in [-0.15, -0.1) is 5.92 Å². The SMILES string of the molecule is CC#CC(CC(=O)O)c1ccc(OCC2CCC3(CCCC3)CC2)cc1.[NaH]. The van der Waals surface area contributed by atoms with E-state index >= 15 is 0 Å². The summed E-state index contributed by atoms with van der Waals surface area (Å²) in [5.41, 5.74) is 1.62. The number of hydrogen-bond donors (Lipinski definition) is 1. The molecule has 1 spiro atoms. The fourth-order valence-corrected chi connectivity index (χ4v) is 4.69. The summed E-state index contributed by atoms with van der Waals surface area (Å²) in [5.74, 6) is 6.28. The first-order chi connectivity index (χ1) is 12.6. The van der Waals surface area contributed by atoms with Gasteiger partial charge in [0.15, 0.2) is 0 Å². The Morgan fingerprint density at radius 1 is 1.19 bits per heavy atom. The number of benzene rings is 1. The molecule has 142 valence electrons. The van der Waals surface area contributed by atoms with Crippen molar-refractivity contribution in [3.63, 3.8) is 0 Å². The van der Waals surface area contributed by atoms with Gasteiger partial charge in [-0.2, -0.15) is 0 Å². The van der Waals surface area contributed by atoms with Crippen LogP contribution in [0.5, 0.6) is 5.75 Å². The topological polar surface area (TPSA) is 46.5 Å². The molecule has 2 aliphatic carbocycles. The fourth-order valence-electron chi connectivity index (χ4n) is 4.69. The van der Waals surface area contributed by atoms with Crippen LogP contribution in [0, 0.1) is 23.2 Å². The fraction of sp³-hybridized carbons (Fsp3) is 0.609. The van der Waals surface area contributed by atoms with E-state index in [-0.39, 0.29) is 41.9 Å². The summed E-state index contributed by atoms with van der Waals surface area (Å²) in [6, 6.07) is 7.79. The first kappa shape index (κ1) is 22.3. The molecule has 2 fully saturated rings. The van der Waals surface area contributed by atoms with Crippen molar-refractivity contribution in [3.8, 4) is 17.6 Å². The monoisotopic (exact) mass is 378 g/mol. The molecule has 0 radical (unpaired) electrons. The van der Waals surface area contributed by atoms with Crippen molar-refractivity contribution < 1.29 is 14.6 Å². The van der Waals surface area contributed by atoms with Crippen LogP contribution in [0.2, 0.25) is 0 Å². The van der Waals surface area contributed by atoms with E-state index in [9.17, 15) is 4.79 Å². The van der Waals surface area contributed by atoms with Crippen LogP contribution in [0.25, 0.3) is 0 Å². The molecule has 0 aromatic heterocycles. The maximum atomic E-state index is 11.0. The van der Waals surface area contributed by atoms with Gasteiger partial charge in [0.25, 0.3) is 0 Å². The van der Waals surface area contributed by atoms with E-state index < -0.39 is 5.97 Å². The standard InChI is InChI=1S/C23H30O3.Na.H/c1-2-5-20(16-22(24)25)19-6-8-21(9-7-19)26-17-18-10-14-23(15-11-18)12-3-4-13-23;;/h6-9,18,20H,3-4,10-17H2,1H3,(H,24,25);;. The Kier molecular flexibility index (Phi) is 8.73. The number of rotatable bonds is 6. The molecule has 1 unspecified atom stereocenters. The first-order valence-corrected chi connectivity index (χ1v) is 9.97. The van der Waals surface area contributed by atoms with Crippen molar-refractivity contribution in [2.24, 2.45) is 11.3 Å². The van der Waals surface area contributed by atoms with Gasteiger partial charge in [-0.1, -0.05) is 30.9 Å². The Hall–Kier alpha value is -0.950. The number of aliphatic carboxylic acids is 1. The van der Waals surface area contributed by atoms with Crippen LogP contribution in [0.15, 0.2) is 24.3 Å². The maximum absolute atomic E-state index is 11.0. The summed E-state index contributed by atoms with van der Waals surface area (Å²) in [5, 5.41) is 9.04. The van der Waals surface area contributed by atoms with Gasteiger partial charge in [0.2, 0.25) is 0 Å². The number of ether oxygens (including phenoxy) is 1. The number of carboxylic acid groups (broad SMARTS) is 1. The van der Waals surface area contributed by atoms with Crippen molar-refractivity contribution in [2.45, 2.75) is 70.6 Å². The second kappa shape index (κ2) is 10.6. The molecule has 1 N–H and O–H groups in total. The van der Waals surface area contributed by atoms with Crippen LogP contribution in [0.4, 0.5) is 0 Å². The summed E-state index contributed by atoms with van der Waals surface area (Å²) >= 11 is 0. The van der Waals surface area contributed by atoms with Crippen LogP contribution in [0.1, 0.15) is 76.2 Å². The van der Waals surface area contributed by atoms with Crippen molar-refractivity contribution in [2.75, 3.05) is 6.61 Å². The van der Waals surface area contributed by atoms with Crippen LogP contribution >= 0.6 is 0 Å². The van der Waals surface area contributed by atoms with Crippen LogP contribution in [-0.4, -0.2) is 47.2 Å². The molecule has 4 heteroatoms. The second-order valence-electron chi connectivity index (χ2n) is 8.08. The van der Waals surface area contributed by atoms with Gasteiger partial charge >= 0.3 is 35.5 Å². The zero-order valence-electron chi connectivity index (χ0n) is 15.8. The van der Waals surface area contributed by atoms with Crippen molar-refractivity contribution in [3.05, 3.63) is 29.8 Å². The van der Waals surface area contributed by atoms with Gasteiger partial charge < -0.3 is 9.84 Å². The zero-order chi connectivity index (χ0) is 18.4. The number of hydrogen-bond acceptors (Lipinski definition) is 2. The summed E-state index contributed by atoms with van der Waals surface area (Å²) in [6.45, 7) is 2.54. The van der Waals surface area contributed by atoms with Gasteiger partial charge in [-0.05, 0) is 74.5 Å². The molecule has 2 aliphatic rings. The Morgan fingerprint density at radius 2 is 1.81 bits per heavy atom. The van der Waals surface area contributed by atoms with Crippen LogP contribution in [0.3, 0.4) is 0 Å². The average molecular weight is 378 g/mol. The first-order valence-electron chi connectivity index (χ1n) is 9.97. The van der Waals surface area contributed by atoms with Crippen LogP contribution < -0.4 is 4.74 Å². The molecule has 3 rings (SSSR count). The van der Waals surface area contributed by atoms with Crippen LogP contribution in [-0.2, 0) is 4.79 Å². The van der Waals surface area contributed by atoms with E-state index in [1.165, 1.54) is 51.4 Å². The van der Waals surface area contributed by atoms with Gasteiger partial charge in [0, 0.05) is 0 Å². The predicted octanol–water partition coefficient (Wildman–Crippen LogP) is 4.75. The van der Waals surface area contributed by atoms with E-state index in [4.69, 9.17) is 9.84 Å². The molecule has 0 saturated heterocycles. The Labute approximate surface area is 185 Å². The molecule has 27 heavy (non-hydrogen) atoms. The Morgan fingerprint density at radius 3 is 2.37 bits per heavy atom. The Balaban J connectivity index is 0.00000261. The quantitative estimate of drug-likeness (QED) is 0.574. The molecule has 1 aromatic carbocycles. The van der Waals surface area contributed by atoms with Gasteiger partial charge in [-0.25, -0.2) is 0 Å². The number of carboxylic acids is 1. The van der Waals surface area contributed by atoms with E-state index in [1.54, 1.807) is 6.92 Å². The molecule has 3 nitrogen and oxygen atoms in total. The van der Waals surface area contributed by atoms with E-state index in [0.717, 1.165) is 17.9 Å².